The van der Waals surface area contributed by atoms with Crippen molar-refractivity contribution < 1.29 is 13.5 Å². The minimum absolute atomic E-state index is 0.183. The molecule has 1 N–H and O–H groups in total. The van der Waals surface area contributed by atoms with Crippen LogP contribution in [0.1, 0.15) is 24.8 Å². The molecule has 2 rings (SSSR count). The van der Waals surface area contributed by atoms with Crippen molar-refractivity contribution in [1.29, 1.82) is 0 Å². The molecule has 19 heavy (non-hydrogen) atoms. The van der Waals surface area contributed by atoms with E-state index in [1.807, 2.05) is 0 Å². The first-order chi connectivity index (χ1) is 8.95. The molecule has 1 saturated carbocycles. The lowest BCUT2D eigenvalue weighted by molar-refractivity contribution is 0.263. The van der Waals surface area contributed by atoms with Gasteiger partial charge in [0.25, 0.3) is 0 Å². The molecule has 0 atom stereocenters. The fourth-order valence-corrected chi connectivity index (χ4v) is 3.63. The predicted octanol–water partition coefficient (Wildman–Crippen LogP) is 2.25. The highest BCUT2D eigenvalue weighted by atomic mass is 35.5. The minimum Gasteiger partial charge on any atom is -0.392 e. The summed E-state index contributed by atoms with van der Waals surface area (Å²) in [7, 11) is -1.90. The highest BCUT2D eigenvalue weighted by molar-refractivity contribution is 7.89. The van der Waals surface area contributed by atoms with Crippen LogP contribution in [0.3, 0.4) is 0 Å². The van der Waals surface area contributed by atoms with E-state index in [9.17, 15) is 8.42 Å². The van der Waals surface area contributed by atoms with Crippen LogP contribution in [-0.4, -0.2) is 31.4 Å². The first kappa shape index (κ1) is 14.8. The van der Waals surface area contributed by atoms with Gasteiger partial charge in [0, 0.05) is 18.6 Å². The topological polar surface area (TPSA) is 57.6 Å². The fraction of sp³-hybridized carbons (Fsp3) is 0.538. The Balaban J connectivity index is 2.22. The number of aliphatic hydroxyl groups is 1. The molecule has 1 aliphatic rings. The van der Waals surface area contributed by atoms with Crippen LogP contribution in [-0.2, 0) is 16.6 Å². The molecule has 0 amide bonds. The normalized spacial score (nSPS) is 16.6. The molecule has 4 nitrogen and oxygen atoms in total. The van der Waals surface area contributed by atoms with E-state index in [1.54, 1.807) is 7.05 Å². The molecular formula is C13H18ClNO3S. The quantitative estimate of drug-likeness (QED) is 0.907. The third-order valence-electron chi connectivity index (χ3n) is 3.64. The molecule has 0 spiro atoms. The van der Waals surface area contributed by atoms with E-state index >= 15 is 0 Å². The standard InChI is InChI=1S/C13H18ClNO3S/c1-15(8-10-3-2-4-10)19(17,18)12-5-6-13(14)11(7-12)9-16/h5-7,10,16H,2-4,8-9H2,1H3. The summed E-state index contributed by atoms with van der Waals surface area (Å²) in [6.07, 6.45) is 3.39. The second-order valence-electron chi connectivity index (χ2n) is 4.99. The zero-order valence-corrected chi connectivity index (χ0v) is 12.4. The molecule has 1 aliphatic carbocycles. The van der Waals surface area contributed by atoms with Gasteiger partial charge >= 0.3 is 0 Å². The monoisotopic (exact) mass is 303 g/mol. The van der Waals surface area contributed by atoms with Gasteiger partial charge in [-0.15, -0.1) is 0 Å². The number of hydrogen-bond donors (Lipinski definition) is 1. The molecule has 6 heteroatoms. The Hall–Kier alpha value is -0.620. The first-order valence-electron chi connectivity index (χ1n) is 6.31. The zero-order chi connectivity index (χ0) is 14.0. The summed E-state index contributed by atoms with van der Waals surface area (Å²) in [6.45, 7) is 0.286. The van der Waals surface area contributed by atoms with E-state index in [1.165, 1.54) is 28.9 Å². The van der Waals surface area contributed by atoms with Crippen molar-refractivity contribution in [2.45, 2.75) is 30.8 Å². The van der Waals surface area contributed by atoms with Gasteiger partial charge in [0.2, 0.25) is 10.0 Å². The summed E-state index contributed by atoms with van der Waals surface area (Å²) < 4.78 is 26.2. The van der Waals surface area contributed by atoms with Crippen LogP contribution in [0.5, 0.6) is 0 Å². The van der Waals surface area contributed by atoms with E-state index in [2.05, 4.69) is 0 Å². The van der Waals surface area contributed by atoms with Gasteiger partial charge in [-0.05, 0) is 42.5 Å². The molecule has 0 heterocycles. The number of aliphatic hydroxyl groups excluding tert-OH is 1. The number of hydrogen-bond acceptors (Lipinski definition) is 3. The Kier molecular flexibility index (Phi) is 4.50. The summed E-state index contributed by atoms with van der Waals surface area (Å²) >= 11 is 5.87. The highest BCUT2D eigenvalue weighted by Gasteiger charge is 2.27. The van der Waals surface area contributed by atoms with Crippen LogP contribution in [0, 0.1) is 5.92 Å². The zero-order valence-electron chi connectivity index (χ0n) is 10.8. The third-order valence-corrected chi connectivity index (χ3v) is 5.82. The molecule has 0 unspecified atom stereocenters. The molecule has 106 valence electrons. The average Bonchev–Trinajstić information content (AvgIpc) is 2.33. The van der Waals surface area contributed by atoms with Gasteiger partial charge in [0.15, 0.2) is 0 Å². The van der Waals surface area contributed by atoms with Crippen LogP contribution < -0.4 is 0 Å². The van der Waals surface area contributed by atoms with Gasteiger partial charge in [0.1, 0.15) is 0 Å². The molecular weight excluding hydrogens is 286 g/mol. The Labute approximate surface area is 119 Å². The second kappa shape index (κ2) is 5.79. The van der Waals surface area contributed by atoms with E-state index in [4.69, 9.17) is 16.7 Å². The molecule has 1 aromatic carbocycles. The van der Waals surface area contributed by atoms with Crippen LogP contribution in [0.15, 0.2) is 23.1 Å². The van der Waals surface area contributed by atoms with Gasteiger partial charge in [-0.3, -0.25) is 0 Å². The number of sulfonamides is 1. The number of halogens is 1. The van der Waals surface area contributed by atoms with Crippen molar-refractivity contribution in [2.24, 2.45) is 5.92 Å². The number of benzene rings is 1. The Morgan fingerprint density at radius 1 is 1.42 bits per heavy atom. The predicted molar refractivity (Wildman–Crippen MR) is 74.5 cm³/mol. The van der Waals surface area contributed by atoms with Crippen molar-refractivity contribution in [3.8, 4) is 0 Å². The number of nitrogens with zero attached hydrogens (tertiary/aromatic N) is 1. The Morgan fingerprint density at radius 2 is 2.11 bits per heavy atom. The molecule has 1 aromatic rings. The second-order valence-corrected chi connectivity index (χ2v) is 7.45. The summed E-state index contributed by atoms with van der Waals surface area (Å²) in [5.41, 5.74) is 0.430. The van der Waals surface area contributed by atoms with Gasteiger partial charge < -0.3 is 5.11 Å². The minimum atomic E-state index is -3.50. The van der Waals surface area contributed by atoms with Gasteiger partial charge in [-0.25, -0.2) is 12.7 Å². The Morgan fingerprint density at radius 3 is 2.63 bits per heavy atom. The number of rotatable bonds is 5. The summed E-state index contributed by atoms with van der Waals surface area (Å²) in [6, 6.07) is 4.43. The van der Waals surface area contributed by atoms with Crippen molar-refractivity contribution in [1.82, 2.24) is 4.31 Å². The Bertz CT molecular complexity index is 555. The lowest BCUT2D eigenvalue weighted by Crippen LogP contribution is -2.34. The van der Waals surface area contributed by atoms with Crippen LogP contribution in [0.2, 0.25) is 5.02 Å². The van der Waals surface area contributed by atoms with E-state index < -0.39 is 10.0 Å². The molecule has 0 radical (unpaired) electrons. The fourth-order valence-electron chi connectivity index (χ4n) is 2.15. The lowest BCUT2D eigenvalue weighted by atomic mass is 9.86. The molecule has 0 bridgehead atoms. The largest absolute Gasteiger partial charge is 0.392 e. The molecule has 1 fully saturated rings. The maximum absolute atomic E-state index is 12.4. The van der Waals surface area contributed by atoms with Crippen molar-refractivity contribution in [3.63, 3.8) is 0 Å². The van der Waals surface area contributed by atoms with E-state index in [-0.39, 0.29) is 11.5 Å². The molecule has 0 saturated heterocycles. The van der Waals surface area contributed by atoms with E-state index in [0.717, 1.165) is 12.8 Å². The van der Waals surface area contributed by atoms with Crippen molar-refractivity contribution in [3.05, 3.63) is 28.8 Å². The SMILES string of the molecule is CN(CC1CCC1)S(=O)(=O)c1ccc(Cl)c(CO)c1. The maximum Gasteiger partial charge on any atom is 0.242 e. The van der Waals surface area contributed by atoms with Crippen LogP contribution in [0.25, 0.3) is 0 Å². The summed E-state index contributed by atoms with van der Waals surface area (Å²) in [5, 5.41) is 9.52. The van der Waals surface area contributed by atoms with Crippen molar-refractivity contribution in [2.75, 3.05) is 13.6 Å². The third kappa shape index (κ3) is 3.11. The molecule has 0 aliphatic heterocycles. The molecule has 0 aromatic heterocycles. The van der Waals surface area contributed by atoms with Crippen LogP contribution in [0.4, 0.5) is 0 Å². The first-order valence-corrected chi connectivity index (χ1v) is 8.12. The van der Waals surface area contributed by atoms with Crippen molar-refractivity contribution >= 4 is 21.6 Å². The maximum atomic E-state index is 12.4. The van der Waals surface area contributed by atoms with Gasteiger partial charge in [-0.1, -0.05) is 18.0 Å². The highest BCUT2D eigenvalue weighted by Crippen LogP contribution is 2.29. The van der Waals surface area contributed by atoms with E-state index in [0.29, 0.717) is 23.0 Å². The van der Waals surface area contributed by atoms with Crippen LogP contribution >= 0.6 is 11.6 Å². The average molecular weight is 304 g/mol. The smallest absolute Gasteiger partial charge is 0.242 e. The van der Waals surface area contributed by atoms with Gasteiger partial charge in [-0.2, -0.15) is 0 Å². The lowest BCUT2D eigenvalue weighted by Gasteiger charge is -2.29. The van der Waals surface area contributed by atoms with Gasteiger partial charge in [0.05, 0.1) is 11.5 Å². The summed E-state index contributed by atoms with van der Waals surface area (Å²) in [5.74, 6) is 0.476. The summed E-state index contributed by atoms with van der Waals surface area (Å²) in [4.78, 5) is 0.183.